The normalized spacial score (nSPS) is 14.5. The molecule has 0 bridgehead atoms. The average Bonchev–Trinajstić information content (AvgIpc) is 3.09. The van der Waals surface area contributed by atoms with Gasteiger partial charge < -0.3 is 5.11 Å². The fourth-order valence-corrected chi connectivity index (χ4v) is 5.67. The number of hydrogen-bond donors (Lipinski definition) is 1. The molecular formula is C32H50O. The number of fused-ring (bicyclic) bond motifs is 3. The van der Waals surface area contributed by atoms with Crippen molar-refractivity contribution in [2.75, 3.05) is 0 Å². The first-order valence-electron chi connectivity index (χ1n) is 13.9. The predicted octanol–water partition coefficient (Wildman–Crippen LogP) is 9.92. The number of rotatable bonds is 12. The van der Waals surface area contributed by atoms with Crippen molar-refractivity contribution < 1.29 is 5.11 Å². The zero-order chi connectivity index (χ0) is 24.4. The van der Waals surface area contributed by atoms with Gasteiger partial charge in [0.25, 0.3) is 0 Å². The smallest absolute Gasteiger partial charge is 0.0815 e. The molecule has 1 aliphatic carbocycles. The Bertz CT molecular complexity index is 836. The van der Waals surface area contributed by atoms with Crippen LogP contribution in [0.2, 0.25) is 0 Å². The van der Waals surface area contributed by atoms with Crippen LogP contribution >= 0.6 is 0 Å². The average molecular weight is 451 g/mol. The number of benzene rings is 2. The summed E-state index contributed by atoms with van der Waals surface area (Å²) in [6.07, 6.45) is 12.5. The van der Waals surface area contributed by atoms with Crippen LogP contribution in [-0.4, -0.2) is 5.11 Å². The van der Waals surface area contributed by atoms with Crippen LogP contribution in [0.4, 0.5) is 0 Å². The monoisotopic (exact) mass is 450 g/mol. The van der Waals surface area contributed by atoms with E-state index >= 15 is 0 Å². The van der Waals surface area contributed by atoms with E-state index in [2.05, 4.69) is 71.0 Å². The van der Waals surface area contributed by atoms with Gasteiger partial charge in [-0.2, -0.15) is 0 Å². The first-order chi connectivity index (χ1) is 16.0. The topological polar surface area (TPSA) is 20.2 Å². The van der Waals surface area contributed by atoms with Crippen LogP contribution in [0.15, 0.2) is 36.4 Å². The van der Waals surface area contributed by atoms with Crippen LogP contribution in [0.25, 0.3) is 11.1 Å². The molecule has 3 rings (SSSR count). The summed E-state index contributed by atoms with van der Waals surface area (Å²) in [6.45, 7) is 15.0. The van der Waals surface area contributed by atoms with Gasteiger partial charge in [0.15, 0.2) is 0 Å². The van der Waals surface area contributed by atoms with Crippen LogP contribution in [0, 0.1) is 12.8 Å². The van der Waals surface area contributed by atoms with Gasteiger partial charge in [0.2, 0.25) is 0 Å². The van der Waals surface area contributed by atoms with Crippen LogP contribution < -0.4 is 0 Å². The molecule has 0 saturated carbocycles. The molecule has 0 amide bonds. The van der Waals surface area contributed by atoms with Crippen molar-refractivity contribution in [1.29, 1.82) is 0 Å². The molecule has 2 aromatic rings. The number of aliphatic hydroxyl groups excluding tert-OH is 1. The van der Waals surface area contributed by atoms with Gasteiger partial charge in [-0.3, -0.25) is 0 Å². The highest BCUT2D eigenvalue weighted by atomic mass is 16.3. The van der Waals surface area contributed by atoms with Crippen molar-refractivity contribution in [2.45, 2.75) is 124 Å². The molecule has 1 atom stereocenters. The third kappa shape index (κ3) is 6.10. The quantitative estimate of drug-likeness (QED) is 0.319. The Hall–Kier alpha value is -1.60. The van der Waals surface area contributed by atoms with Crippen molar-refractivity contribution >= 4 is 0 Å². The highest BCUT2D eigenvalue weighted by Crippen LogP contribution is 2.55. The minimum Gasteiger partial charge on any atom is -0.388 e. The van der Waals surface area contributed by atoms with E-state index in [0.29, 0.717) is 0 Å². The van der Waals surface area contributed by atoms with Gasteiger partial charge in [0.1, 0.15) is 0 Å². The lowest BCUT2D eigenvalue weighted by Gasteiger charge is -2.34. The fourth-order valence-electron chi connectivity index (χ4n) is 5.67. The fraction of sp³-hybridized carbons (Fsp3) is 0.625. The maximum absolute atomic E-state index is 11.0. The van der Waals surface area contributed by atoms with E-state index in [1.807, 2.05) is 13.8 Å². The summed E-state index contributed by atoms with van der Waals surface area (Å²) in [5.41, 5.74) is 8.33. The second-order valence-corrected chi connectivity index (χ2v) is 10.2. The van der Waals surface area contributed by atoms with E-state index in [1.165, 1.54) is 92.0 Å². The lowest BCUT2D eigenvalue weighted by atomic mass is 9.70. The van der Waals surface area contributed by atoms with E-state index < -0.39 is 6.10 Å². The Morgan fingerprint density at radius 2 is 1.33 bits per heavy atom. The van der Waals surface area contributed by atoms with Crippen LogP contribution in [0.1, 0.15) is 134 Å². The molecule has 1 N–H and O–H groups in total. The van der Waals surface area contributed by atoms with Crippen molar-refractivity contribution in [1.82, 2.24) is 0 Å². The van der Waals surface area contributed by atoms with Crippen LogP contribution in [0.3, 0.4) is 0 Å². The molecule has 0 fully saturated rings. The van der Waals surface area contributed by atoms with Gasteiger partial charge in [-0.15, -0.1) is 0 Å². The predicted molar refractivity (Wildman–Crippen MR) is 146 cm³/mol. The van der Waals surface area contributed by atoms with Crippen LogP contribution in [-0.2, 0) is 5.41 Å². The maximum atomic E-state index is 11.0. The summed E-state index contributed by atoms with van der Waals surface area (Å²) in [5, 5.41) is 11.0. The van der Waals surface area contributed by atoms with Gasteiger partial charge in [0.05, 0.1) is 6.10 Å². The molecule has 33 heavy (non-hydrogen) atoms. The first-order valence-corrected chi connectivity index (χ1v) is 13.9. The molecule has 184 valence electrons. The molecule has 0 aromatic heterocycles. The Morgan fingerprint density at radius 1 is 0.758 bits per heavy atom. The van der Waals surface area contributed by atoms with Crippen molar-refractivity contribution in [2.24, 2.45) is 5.92 Å². The number of unbranched alkanes of at least 4 members (excludes halogenated alkanes) is 6. The van der Waals surface area contributed by atoms with Crippen molar-refractivity contribution in [3.05, 3.63) is 58.7 Å². The van der Waals surface area contributed by atoms with Gasteiger partial charge in [-0.1, -0.05) is 129 Å². The Morgan fingerprint density at radius 3 is 1.88 bits per heavy atom. The summed E-state index contributed by atoms with van der Waals surface area (Å²) in [7, 11) is 0. The number of aryl methyl sites for hydroxylation is 1. The first kappa shape index (κ1) is 27.6. The zero-order valence-electron chi connectivity index (χ0n) is 22.6. The molecule has 0 spiro atoms. The van der Waals surface area contributed by atoms with Gasteiger partial charge in [0, 0.05) is 5.41 Å². The van der Waals surface area contributed by atoms with Crippen molar-refractivity contribution in [3.8, 4) is 11.1 Å². The standard InChI is InChI=1S/C30H44O.C2H6/c1-6-8-10-14-18-30(19-15-11-9-7-2)27-17-13-12-16-24(27)26-20-23(5)25(21-28(26)30)29(31)22(3)4;1-2/h12-13,16-17,20-22,29,31H,6-11,14-15,18-19H2,1-5H3;1-2H3. The second-order valence-electron chi connectivity index (χ2n) is 10.2. The van der Waals surface area contributed by atoms with E-state index in [0.717, 1.165) is 5.56 Å². The SMILES string of the molecule is CC.CCCCCCC1(CCCCCC)c2ccccc2-c2cc(C)c(C(O)C(C)C)cc21. The lowest BCUT2D eigenvalue weighted by molar-refractivity contribution is 0.126. The molecule has 0 heterocycles. The van der Waals surface area contributed by atoms with Crippen molar-refractivity contribution in [3.63, 3.8) is 0 Å². The number of aliphatic hydroxyl groups is 1. The molecule has 2 aromatic carbocycles. The van der Waals surface area contributed by atoms with Gasteiger partial charge >= 0.3 is 0 Å². The van der Waals surface area contributed by atoms with Gasteiger partial charge in [-0.05, 0) is 59.1 Å². The summed E-state index contributed by atoms with van der Waals surface area (Å²) in [6, 6.07) is 13.9. The summed E-state index contributed by atoms with van der Waals surface area (Å²) in [4.78, 5) is 0. The summed E-state index contributed by atoms with van der Waals surface area (Å²) in [5.74, 6) is 0.226. The highest BCUT2D eigenvalue weighted by molar-refractivity contribution is 5.82. The molecule has 1 unspecified atom stereocenters. The minimum absolute atomic E-state index is 0.104. The lowest BCUT2D eigenvalue weighted by Crippen LogP contribution is -2.26. The molecule has 1 nitrogen and oxygen atoms in total. The molecule has 0 aliphatic heterocycles. The highest BCUT2D eigenvalue weighted by Gasteiger charge is 2.42. The Labute approximate surface area is 205 Å². The van der Waals surface area contributed by atoms with E-state index in [9.17, 15) is 5.11 Å². The van der Waals surface area contributed by atoms with E-state index in [-0.39, 0.29) is 11.3 Å². The third-order valence-corrected chi connectivity index (χ3v) is 7.52. The molecule has 1 aliphatic rings. The Balaban J connectivity index is 0.00000187. The molecule has 0 saturated heterocycles. The molecule has 0 radical (unpaired) electrons. The maximum Gasteiger partial charge on any atom is 0.0815 e. The third-order valence-electron chi connectivity index (χ3n) is 7.52. The minimum atomic E-state index is -0.396. The van der Waals surface area contributed by atoms with E-state index in [4.69, 9.17) is 0 Å². The molecular weight excluding hydrogens is 400 g/mol. The number of hydrogen-bond acceptors (Lipinski definition) is 1. The molecule has 1 heteroatoms. The van der Waals surface area contributed by atoms with Crippen LogP contribution in [0.5, 0.6) is 0 Å². The summed E-state index contributed by atoms with van der Waals surface area (Å²) >= 11 is 0. The van der Waals surface area contributed by atoms with E-state index in [1.54, 1.807) is 0 Å². The summed E-state index contributed by atoms with van der Waals surface area (Å²) < 4.78 is 0. The zero-order valence-corrected chi connectivity index (χ0v) is 22.6. The second kappa shape index (κ2) is 13.3. The Kier molecular flexibility index (Phi) is 11.2. The van der Waals surface area contributed by atoms with Gasteiger partial charge in [-0.25, -0.2) is 0 Å². The largest absolute Gasteiger partial charge is 0.388 e.